The number of nitrogens with zero attached hydrogens (tertiary/aromatic N) is 3. The minimum Gasteiger partial charge on any atom is -0.396 e. The van der Waals surface area contributed by atoms with Gasteiger partial charge in [0, 0.05) is 32.0 Å². The summed E-state index contributed by atoms with van der Waals surface area (Å²) in [5.74, 6) is 0.393. The SMILES string of the molecule is CCCCN(CCCO)c1ncccc1[N+](=O)[O-]. The van der Waals surface area contributed by atoms with Crippen molar-refractivity contribution >= 4 is 11.5 Å². The van der Waals surface area contributed by atoms with E-state index in [0.717, 1.165) is 12.8 Å². The van der Waals surface area contributed by atoms with E-state index < -0.39 is 4.92 Å². The summed E-state index contributed by atoms with van der Waals surface area (Å²) in [7, 11) is 0. The minimum absolute atomic E-state index is 0.0199. The van der Waals surface area contributed by atoms with Crippen LogP contribution in [-0.2, 0) is 0 Å². The van der Waals surface area contributed by atoms with Crippen molar-refractivity contribution < 1.29 is 10.0 Å². The zero-order chi connectivity index (χ0) is 13.4. The first kappa shape index (κ1) is 14.4. The zero-order valence-corrected chi connectivity index (χ0v) is 10.6. The number of pyridine rings is 1. The van der Waals surface area contributed by atoms with Crippen LogP contribution in [0.1, 0.15) is 26.2 Å². The number of aliphatic hydroxyl groups is 1. The van der Waals surface area contributed by atoms with Crippen molar-refractivity contribution in [1.29, 1.82) is 0 Å². The number of aliphatic hydroxyl groups excluding tert-OH is 1. The minimum atomic E-state index is -0.416. The van der Waals surface area contributed by atoms with E-state index in [4.69, 9.17) is 5.11 Å². The van der Waals surface area contributed by atoms with Crippen molar-refractivity contribution in [3.05, 3.63) is 28.4 Å². The maximum atomic E-state index is 11.0. The molecule has 0 unspecified atom stereocenters. The van der Waals surface area contributed by atoms with Gasteiger partial charge < -0.3 is 10.0 Å². The molecule has 6 nitrogen and oxygen atoms in total. The van der Waals surface area contributed by atoms with Gasteiger partial charge in [-0.25, -0.2) is 4.98 Å². The Morgan fingerprint density at radius 2 is 2.17 bits per heavy atom. The van der Waals surface area contributed by atoms with Crippen LogP contribution >= 0.6 is 0 Å². The van der Waals surface area contributed by atoms with E-state index in [1.165, 1.54) is 6.07 Å². The second-order valence-electron chi connectivity index (χ2n) is 4.02. The molecule has 1 N–H and O–H groups in total. The number of hydrogen-bond acceptors (Lipinski definition) is 5. The van der Waals surface area contributed by atoms with Crippen LogP contribution in [0.4, 0.5) is 11.5 Å². The molecular formula is C12H19N3O3. The molecule has 0 fully saturated rings. The Bertz CT molecular complexity index is 377. The van der Waals surface area contributed by atoms with E-state index in [1.807, 2.05) is 4.90 Å². The molecule has 0 aliphatic rings. The van der Waals surface area contributed by atoms with E-state index >= 15 is 0 Å². The third kappa shape index (κ3) is 3.96. The largest absolute Gasteiger partial charge is 0.396 e. The Balaban J connectivity index is 2.92. The van der Waals surface area contributed by atoms with Gasteiger partial charge in [-0.1, -0.05) is 13.3 Å². The van der Waals surface area contributed by atoms with Crippen LogP contribution < -0.4 is 4.90 Å². The molecule has 0 spiro atoms. The van der Waals surface area contributed by atoms with Gasteiger partial charge in [-0.2, -0.15) is 0 Å². The molecule has 0 aromatic carbocycles. The lowest BCUT2D eigenvalue weighted by molar-refractivity contribution is -0.384. The Hall–Kier alpha value is -1.69. The highest BCUT2D eigenvalue weighted by molar-refractivity contribution is 5.57. The van der Waals surface area contributed by atoms with E-state index in [9.17, 15) is 10.1 Å². The van der Waals surface area contributed by atoms with E-state index in [2.05, 4.69) is 11.9 Å². The number of nitro groups is 1. The normalized spacial score (nSPS) is 10.3. The standard InChI is InChI=1S/C12H19N3O3/c1-2-3-8-14(9-5-10-16)12-11(15(17)18)6-4-7-13-12/h4,6-7,16H,2-3,5,8-10H2,1H3. The highest BCUT2D eigenvalue weighted by atomic mass is 16.6. The lowest BCUT2D eigenvalue weighted by Crippen LogP contribution is -2.27. The molecule has 0 aliphatic carbocycles. The van der Waals surface area contributed by atoms with Crippen molar-refractivity contribution in [2.45, 2.75) is 26.2 Å². The molecular weight excluding hydrogens is 234 g/mol. The average molecular weight is 253 g/mol. The second-order valence-corrected chi connectivity index (χ2v) is 4.02. The maximum absolute atomic E-state index is 11.0. The van der Waals surface area contributed by atoms with Gasteiger partial charge in [0.25, 0.3) is 0 Å². The molecule has 1 rings (SSSR count). The summed E-state index contributed by atoms with van der Waals surface area (Å²) in [5, 5.41) is 19.8. The highest BCUT2D eigenvalue weighted by Crippen LogP contribution is 2.25. The third-order valence-corrected chi connectivity index (χ3v) is 2.63. The first-order chi connectivity index (χ1) is 8.70. The third-order valence-electron chi connectivity index (χ3n) is 2.63. The summed E-state index contributed by atoms with van der Waals surface area (Å²) in [6.45, 7) is 3.43. The summed E-state index contributed by atoms with van der Waals surface area (Å²) in [6.07, 6.45) is 4.09. The van der Waals surface area contributed by atoms with E-state index in [-0.39, 0.29) is 12.3 Å². The van der Waals surface area contributed by atoms with Gasteiger partial charge in [0.15, 0.2) is 0 Å². The Morgan fingerprint density at radius 3 is 2.78 bits per heavy atom. The second kappa shape index (κ2) is 7.60. The van der Waals surface area contributed by atoms with Crippen LogP contribution in [0.5, 0.6) is 0 Å². The van der Waals surface area contributed by atoms with Crippen LogP contribution in [0.3, 0.4) is 0 Å². The van der Waals surface area contributed by atoms with E-state index in [0.29, 0.717) is 25.3 Å². The van der Waals surface area contributed by atoms with Gasteiger partial charge in [-0.15, -0.1) is 0 Å². The molecule has 0 radical (unpaired) electrons. The average Bonchev–Trinajstić information content (AvgIpc) is 2.39. The van der Waals surface area contributed by atoms with Crippen LogP contribution in [0.2, 0.25) is 0 Å². The van der Waals surface area contributed by atoms with Crippen LogP contribution in [0, 0.1) is 10.1 Å². The Labute approximate surface area is 106 Å². The fraction of sp³-hybridized carbons (Fsp3) is 0.583. The van der Waals surface area contributed by atoms with Crippen molar-refractivity contribution in [1.82, 2.24) is 4.98 Å². The fourth-order valence-corrected chi connectivity index (χ4v) is 1.71. The number of rotatable bonds is 8. The summed E-state index contributed by atoms with van der Waals surface area (Å²) in [6, 6.07) is 3.02. The highest BCUT2D eigenvalue weighted by Gasteiger charge is 2.19. The monoisotopic (exact) mass is 253 g/mol. The predicted octanol–water partition coefficient (Wildman–Crippen LogP) is 1.98. The lowest BCUT2D eigenvalue weighted by Gasteiger charge is -2.22. The molecule has 0 bridgehead atoms. The molecule has 0 atom stereocenters. The summed E-state index contributed by atoms with van der Waals surface area (Å²) < 4.78 is 0. The molecule has 0 saturated carbocycles. The quantitative estimate of drug-likeness (QED) is 0.566. The van der Waals surface area contributed by atoms with Gasteiger partial charge in [-0.3, -0.25) is 10.1 Å². The molecule has 100 valence electrons. The first-order valence-corrected chi connectivity index (χ1v) is 6.16. The van der Waals surface area contributed by atoms with E-state index in [1.54, 1.807) is 12.3 Å². The Morgan fingerprint density at radius 1 is 1.44 bits per heavy atom. The predicted molar refractivity (Wildman–Crippen MR) is 69.7 cm³/mol. The van der Waals surface area contributed by atoms with Crippen molar-refractivity contribution in [2.75, 3.05) is 24.6 Å². The number of hydrogen-bond donors (Lipinski definition) is 1. The molecule has 0 saturated heterocycles. The summed E-state index contributed by atoms with van der Waals surface area (Å²) in [5.41, 5.74) is 0.0199. The Kier molecular flexibility index (Phi) is 6.07. The van der Waals surface area contributed by atoms with Crippen molar-refractivity contribution in [2.24, 2.45) is 0 Å². The molecule has 6 heteroatoms. The van der Waals surface area contributed by atoms with Crippen LogP contribution in [-0.4, -0.2) is 34.7 Å². The lowest BCUT2D eigenvalue weighted by atomic mass is 10.2. The van der Waals surface area contributed by atoms with Gasteiger partial charge in [0.05, 0.1) is 4.92 Å². The van der Waals surface area contributed by atoms with Crippen LogP contribution in [0.25, 0.3) is 0 Å². The summed E-state index contributed by atoms with van der Waals surface area (Å²) >= 11 is 0. The van der Waals surface area contributed by atoms with Gasteiger partial charge in [0.1, 0.15) is 0 Å². The topological polar surface area (TPSA) is 79.5 Å². The maximum Gasteiger partial charge on any atom is 0.311 e. The number of aromatic nitrogens is 1. The van der Waals surface area contributed by atoms with Crippen molar-refractivity contribution in [3.8, 4) is 0 Å². The molecule has 18 heavy (non-hydrogen) atoms. The number of unbranched alkanes of at least 4 members (excludes halogenated alkanes) is 1. The number of anilines is 1. The van der Waals surface area contributed by atoms with Gasteiger partial charge in [-0.05, 0) is 18.9 Å². The van der Waals surface area contributed by atoms with Crippen molar-refractivity contribution in [3.63, 3.8) is 0 Å². The molecule has 0 amide bonds. The summed E-state index contributed by atoms with van der Waals surface area (Å²) in [4.78, 5) is 16.5. The molecule has 1 aromatic heterocycles. The van der Waals surface area contributed by atoms with Gasteiger partial charge in [0.2, 0.25) is 5.82 Å². The molecule has 1 aromatic rings. The smallest absolute Gasteiger partial charge is 0.311 e. The van der Waals surface area contributed by atoms with Gasteiger partial charge >= 0.3 is 5.69 Å². The molecule has 0 aliphatic heterocycles. The fourth-order valence-electron chi connectivity index (χ4n) is 1.71. The zero-order valence-electron chi connectivity index (χ0n) is 10.6. The molecule has 1 heterocycles. The first-order valence-electron chi connectivity index (χ1n) is 6.16. The van der Waals surface area contributed by atoms with Crippen LogP contribution in [0.15, 0.2) is 18.3 Å².